The van der Waals surface area contributed by atoms with E-state index >= 15 is 0 Å². The number of aryl methyl sites for hydroxylation is 2. The molecule has 2 aromatic carbocycles. The molecule has 0 bridgehead atoms. The molecule has 0 aliphatic carbocycles. The quantitative estimate of drug-likeness (QED) is 0.604. The zero-order valence-corrected chi connectivity index (χ0v) is 16.7. The van der Waals surface area contributed by atoms with Gasteiger partial charge < -0.3 is 20.1 Å². The van der Waals surface area contributed by atoms with Gasteiger partial charge >= 0.3 is 0 Å². The Morgan fingerprint density at radius 3 is 2.57 bits per heavy atom. The second-order valence-corrected chi connectivity index (χ2v) is 7.01. The number of nitrogens with one attached hydrogen (secondary N) is 3. The van der Waals surface area contributed by atoms with E-state index in [0.717, 1.165) is 22.4 Å². The number of carbonyl (C=O) groups is 2. The van der Waals surface area contributed by atoms with Crippen LogP contribution in [0.15, 0.2) is 42.6 Å². The number of benzene rings is 2. The molecule has 0 atom stereocenters. The second kappa shape index (κ2) is 8.28. The third-order valence-corrected chi connectivity index (χ3v) is 4.87. The minimum absolute atomic E-state index is 0.154. The topological polar surface area (TPSA) is 105 Å². The molecule has 0 fully saturated rings. The van der Waals surface area contributed by atoms with Crippen LogP contribution >= 0.6 is 0 Å². The summed E-state index contributed by atoms with van der Waals surface area (Å²) in [6.07, 6.45) is 1.44. The molecule has 2 amide bonds. The van der Waals surface area contributed by atoms with Crippen LogP contribution < -0.4 is 20.1 Å². The molecule has 8 nitrogen and oxygen atoms in total. The van der Waals surface area contributed by atoms with Crippen molar-refractivity contribution in [2.75, 3.05) is 25.1 Å². The van der Waals surface area contributed by atoms with Crippen LogP contribution in [0.2, 0.25) is 0 Å². The van der Waals surface area contributed by atoms with E-state index in [-0.39, 0.29) is 12.5 Å². The van der Waals surface area contributed by atoms with E-state index in [2.05, 4.69) is 20.8 Å². The van der Waals surface area contributed by atoms with Crippen molar-refractivity contribution < 1.29 is 19.1 Å². The normalized spacial score (nSPS) is 12.3. The van der Waals surface area contributed by atoms with Gasteiger partial charge in [-0.25, -0.2) is 0 Å². The maximum Gasteiger partial charge on any atom is 0.255 e. The summed E-state index contributed by atoms with van der Waals surface area (Å²) in [5.74, 6) is 0.585. The van der Waals surface area contributed by atoms with E-state index in [1.165, 1.54) is 6.20 Å². The number of aromatic nitrogens is 2. The molecule has 0 saturated heterocycles. The lowest BCUT2D eigenvalue weighted by atomic mass is 10.1. The summed E-state index contributed by atoms with van der Waals surface area (Å²) in [7, 11) is 0. The molecule has 0 saturated carbocycles. The average Bonchev–Trinajstić information content (AvgIpc) is 3.24. The fourth-order valence-electron chi connectivity index (χ4n) is 3.33. The summed E-state index contributed by atoms with van der Waals surface area (Å²) in [5.41, 5.74) is 4.31. The van der Waals surface area contributed by atoms with Gasteiger partial charge in [0.1, 0.15) is 13.2 Å². The number of anilines is 1. The zero-order valence-electron chi connectivity index (χ0n) is 16.7. The van der Waals surface area contributed by atoms with Crippen molar-refractivity contribution in [3.05, 3.63) is 59.3 Å². The van der Waals surface area contributed by atoms with Crippen LogP contribution in [0.4, 0.5) is 5.69 Å². The summed E-state index contributed by atoms with van der Waals surface area (Å²) in [6.45, 7) is 4.67. The van der Waals surface area contributed by atoms with Crippen LogP contribution in [-0.2, 0) is 4.79 Å². The SMILES string of the molecule is Cc1cccc(C)c1NC(=O)CNC(=O)c1cn[nH]c1-c1ccc2c(c1)OCCO2. The van der Waals surface area contributed by atoms with E-state index in [0.29, 0.717) is 36.0 Å². The molecule has 8 heteroatoms. The number of rotatable bonds is 5. The highest BCUT2D eigenvalue weighted by atomic mass is 16.6. The molecule has 0 spiro atoms. The predicted octanol–water partition coefficient (Wildman–Crippen LogP) is 2.83. The number of hydrogen-bond acceptors (Lipinski definition) is 5. The highest BCUT2D eigenvalue weighted by Gasteiger charge is 2.19. The van der Waals surface area contributed by atoms with Gasteiger partial charge in [0.15, 0.2) is 11.5 Å². The molecule has 1 aliphatic heterocycles. The zero-order chi connectivity index (χ0) is 21.1. The Bertz CT molecular complexity index is 1090. The first kappa shape index (κ1) is 19.5. The summed E-state index contributed by atoms with van der Waals surface area (Å²) in [6, 6.07) is 11.2. The van der Waals surface area contributed by atoms with Crippen LogP contribution in [0.25, 0.3) is 11.3 Å². The van der Waals surface area contributed by atoms with Gasteiger partial charge in [0, 0.05) is 11.3 Å². The Balaban J connectivity index is 1.44. The summed E-state index contributed by atoms with van der Waals surface area (Å²) >= 11 is 0. The van der Waals surface area contributed by atoms with Crippen LogP contribution in [0, 0.1) is 13.8 Å². The molecule has 154 valence electrons. The van der Waals surface area contributed by atoms with Gasteiger partial charge in [0.2, 0.25) is 5.91 Å². The van der Waals surface area contributed by atoms with Gasteiger partial charge in [-0.15, -0.1) is 0 Å². The van der Waals surface area contributed by atoms with Gasteiger partial charge in [0.25, 0.3) is 5.91 Å². The lowest BCUT2D eigenvalue weighted by Gasteiger charge is -2.18. The van der Waals surface area contributed by atoms with E-state index in [1.807, 2.05) is 38.1 Å². The standard InChI is InChI=1S/C22H22N4O4/c1-13-4-3-5-14(2)20(13)25-19(27)12-23-22(28)16-11-24-26-21(16)15-6-7-17-18(10-15)30-9-8-29-17/h3-7,10-11H,8-9,12H2,1-2H3,(H,23,28)(H,24,26)(H,25,27). The molecule has 0 unspecified atom stereocenters. The Morgan fingerprint density at radius 2 is 1.80 bits per heavy atom. The summed E-state index contributed by atoms with van der Waals surface area (Å²) in [4.78, 5) is 25.0. The largest absolute Gasteiger partial charge is 0.486 e. The van der Waals surface area contributed by atoms with Gasteiger partial charge in [-0.05, 0) is 43.2 Å². The molecular formula is C22H22N4O4. The molecule has 3 N–H and O–H groups in total. The molecule has 1 aliphatic rings. The van der Waals surface area contributed by atoms with Gasteiger partial charge in [0.05, 0.1) is 24.0 Å². The highest BCUT2D eigenvalue weighted by molar-refractivity contribution is 6.03. The summed E-state index contributed by atoms with van der Waals surface area (Å²) in [5, 5.41) is 12.3. The number of nitrogens with zero attached hydrogens (tertiary/aromatic N) is 1. The fourth-order valence-corrected chi connectivity index (χ4v) is 3.33. The van der Waals surface area contributed by atoms with Crippen LogP contribution in [0.5, 0.6) is 11.5 Å². The third kappa shape index (κ3) is 3.98. The Labute approximate surface area is 173 Å². The smallest absolute Gasteiger partial charge is 0.255 e. The number of H-pyrrole nitrogens is 1. The van der Waals surface area contributed by atoms with Crippen molar-refractivity contribution in [2.24, 2.45) is 0 Å². The van der Waals surface area contributed by atoms with Crippen molar-refractivity contribution in [1.29, 1.82) is 0 Å². The molecule has 3 aromatic rings. The molecule has 30 heavy (non-hydrogen) atoms. The minimum atomic E-state index is -0.398. The Kier molecular flexibility index (Phi) is 5.38. The Morgan fingerprint density at radius 1 is 1.07 bits per heavy atom. The molecule has 0 radical (unpaired) electrons. The van der Waals surface area contributed by atoms with Crippen molar-refractivity contribution >= 4 is 17.5 Å². The van der Waals surface area contributed by atoms with Gasteiger partial charge in [-0.1, -0.05) is 18.2 Å². The van der Waals surface area contributed by atoms with Crippen LogP contribution in [-0.4, -0.2) is 41.8 Å². The lowest BCUT2D eigenvalue weighted by Crippen LogP contribution is -2.33. The van der Waals surface area contributed by atoms with E-state index in [1.54, 1.807) is 12.1 Å². The number of aromatic amines is 1. The first-order valence-electron chi connectivity index (χ1n) is 9.60. The first-order chi connectivity index (χ1) is 14.5. The predicted molar refractivity (Wildman–Crippen MR) is 112 cm³/mol. The van der Waals surface area contributed by atoms with Crippen LogP contribution in [0.1, 0.15) is 21.5 Å². The van der Waals surface area contributed by atoms with Crippen LogP contribution in [0.3, 0.4) is 0 Å². The monoisotopic (exact) mass is 406 g/mol. The molecular weight excluding hydrogens is 384 g/mol. The lowest BCUT2D eigenvalue weighted by molar-refractivity contribution is -0.115. The maximum atomic E-state index is 12.7. The second-order valence-electron chi connectivity index (χ2n) is 7.01. The number of carbonyl (C=O) groups excluding carboxylic acids is 2. The van der Waals surface area contributed by atoms with E-state index in [9.17, 15) is 9.59 Å². The number of hydrogen-bond donors (Lipinski definition) is 3. The van der Waals surface area contributed by atoms with Crippen molar-refractivity contribution in [2.45, 2.75) is 13.8 Å². The Hall–Kier alpha value is -3.81. The maximum absolute atomic E-state index is 12.7. The number of ether oxygens (including phenoxy) is 2. The number of para-hydroxylation sites is 1. The number of fused-ring (bicyclic) bond motifs is 1. The highest BCUT2D eigenvalue weighted by Crippen LogP contribution is 2.34. The van der Waals surface area contributed by atoms with E-state index < -0.39 is 5.91 Å². The average molecular weight is 406 g/mol. The van der Waals surface area contributed by atoms with Gasteiger partial charge in [-0.3, -0.25) is 14.7 Å². The molecule has 4 rings (SSSR count). The van der Waals surface area contributed by atoms with Crippen molar-refractivity contribution in [1.82, 2.24) is 15.5 Å². The van der Waals surface area contributed by atoms with Crippen molar-refractivity contribution in [3.63, 3.8) is 0 Å². The van der Waals surface area contributed by atoms with Crippen molar-refractivity contribution in [3.8, 4) is 22.8 Å². The van der Waals surface area contributed by atoms with Gasteiger partial charge in [-0.2, -0.15) is 5.10 Å². The summed E-state index contributed by atoms with van der Waals surface area (Å²) < 4.78 is 11.1. The molecule has 1 aromatic heterocycles. The first-order valence-corrected chi connectivity index (χ1v) is 9.60. The minimum Gasteiger partial charge on any atom is -0.486 e. The number of amides is 2. The third-order valence-electron chi connectivity index (χ3n) is 4.87. The molecule has 2 heterocycles. The fraction of sp³-hybridized carbons (Fsp3) is 0.227. The van der Waals surface area contributed by atoms with E-state index in [4.69, 9.17) is 9.47 Å².